The molecular weight excluding hydrogens is 445 g/mol. The minimum absolute atomic E-state index is 0.0397. The highest BCUT2D eigenvalue weighted by Crippen LogP contribution is 2.27. The van der Waals surface area contributed by atoms with Crippen molar-refractivity contribution in [3.63, 3.8) is 0 Å². The number of aromatic nitrogens is 2. The van der Waals surface area contributed by atoms with Gasteiger partial charge < -0.3 is 15.2 Å². The van der Waals surface area contributed by atoms with E-state index in [-0.39, 0.29) is 39.1 Å². The predicted molar refractivity (Wildman–Crippen MR) is 117 cm³/mol. The molecule has 4 N–H and O–H groups in total. The number of nitrogens with one attached hydrogen (secondary N) is 3. The topological polar surface area (TPSA) is 88.6 Å². The Bertz CT molecular complexity index is 1170. The van der Waals surface area contributed by atoms with Crippen LogP contribution < -0.4 is 10.8 Å². The molecule has 1 aromatic heterocycles. The van der Waals surface area contributed by atoms with Gasteiger partial charge in [0.2, 0.25) is 5.95 Å². The van der Waals surface area contributed by atoms with E-state index in [0.717, 1.165) is 37.9 Å². The number of hydrogen-bond acceptors (Lipinski definition) is 5. The summed E-state index contributed by atoms with van der Waals surface area (Å²) in [5.74, 6) is -2.83. The summed E-state index contributed by atoms with van der Waals surface area (Å²) in [6.07, 6.45) is 3.17. The van der Waals surface area contributed by atoms with Gasteiger partial charge in [-0.15, -0.1) is 0 Å². The molecule has 2 aromatic carbocycles. The molecule has 1 aliphatic rings. The fourth-order valence-corrected chi connectivity index (χ4v) is 4.08. The van der Waals surface area contributed by atoms with Crippen LogP contribution in [0.4, 0.5) is 24.8 Å². The molecule has 1 atom stereocenters. The van der Waals surface area contributed by atoms with Crippen molar-refractivity contribution in [2.24, 2.45) is 4.99 Å². The lowest BCUT2D eigenvalue weighted by atomic mass is 10.1. The largest absolute Gasteiger partial charge is 0.356 e. The third-order valence-corrected chi connectivity index (χ3v) is 5.90. The molecule has 1 fully saturated rings. The van der Waals surface area contributed by atoms with E-state index in [4.69, 9.17) is 11.6 Å². The summed E-state index contributed by atoms with van der Waals surface area (Å²) in [5, 5.41) is 12.6. The standard InChI is InChI=1S/C21H22ClF3N6O/c1-31-8-2-3-12(31)6-7-26-21-28-18-13(10-16(24)17(25)19(18)29-21)20(30-32)27-11-4-5-15(23)14(22)9-11/h4-5,9-10,12,32H,2-3,6-8H2,1H3,(H,27,30)(H2,26,28,29). The van der Waals surface area contributed by atoms with Crippen LogP contribution in [0.3, 0.4) is 0 Å². The van der Waals surface area contributed by atoms with Gasteiger partial charge in [0.15, 0.2) is 17.5 Å². The van der Waals surface area contributed by atoms with Gasteiger partial charge in [0, 0.05) is 18.2 Å². The van der Waals surface area contributed by atoms with Crippen LogP contribution in [0.15, 0.2) is 29.3 Å². The molecular formula is C21H22ClF3N6O. The number of amidine groups is 1. The minimum atomic E-state index is -1.15. The first-order chi connectivity index (χ1) is 15.4. The van der Waals surface area contributed by atoms with Crippen molar-refractivity contribution in [1.29, 1.82) is 0 Å². The molecule has 170 valence electrons. The van der Waals surface area contributed by atoms with Crippen molar-refractivity contribution < 1.29 is 18.4 Å². The molecule has 7 nitrogen and oxygen atoms in total. The number of benzene rings is 2. The van der Waals surface area contributed by atoms with Crippen LogP contribution in [0, 0.1) is 17.5 Å². The lowest BCUT2D eigenvalue weighted by Crippen LogP contribution is -2.27. The average Bonchev–Trinajstić information content (AvgIpc) is 3.38. The van der Waals surface area contributed by atoms with Crippen molar-refractivity contribution in [2.45, 2.75) is 25.3 Å². The Hall–Kier alpha value is -2.82. The minimum Gasteiger partial charge on any atom is -0.356 e. The lowest BCUT2D eigenvalue weighted by Gasteiger charge is -2.19. The number of imidazole rings is 1. The van der Waals surface area contributed by atoms with E-state index in [1.165, 1.54) is 12.1 Å². The van der Waals surface area contributed by atoms with Crippen LogP contribution in [0.2, 0.25) is 5.02 Å². The Morgan fingerprint density at radius 1 is 1.31 bits per heavy atom. The van der Waals surface area contributed by atoms with Crippen molar-refractivity contribution >= 4 is 40.1 Å². The molecule has 4 rings (SSSR count). The number of aliphatic imine (C=N–C) groups is 1. The third kappa shape index (κ3) is 4.52. The summed E-state index contributed by atoms with van der Waals surface area (Å²) >= 11 is 5.77. The van der Waals surface area contributed by atoms with E-state index in [1.807, 2.05) is 5.48 Å². The van der Waals surface area contributed by atoms with Crippen LogP contribution in [0.1, 0.15) is 24.8 Å². The summed E-state index contributed by atoms with van der Waals surface area (Å²) < 4.78 is 42.1. The lowest BCUT2D eigenvalue weighted by molar-refractivity contribution is 0.235. The quantitative estimate of drug-likeness (QED) is 0.242. The molecule has 32 heavy (non-hydrogen) atoms. The fraction of sp³-hybridized carbons (Fsp3) is 0.333. The summed E-state index contributed by atoms with van der Waals surface area (Å²) in [5.41, 5.74) is 2.02. The number of aromatic amines is 1. The maximum atomic E-state index is 14.4. The number of hydrogen-bond donors (Lipinski definition) is 4. The van der Waals surface area contributed by atoms with E-state index in [9.17, 15) is 18.4 Å². The Balaban J connectivity index is 1.65. The van der Waals surface area contributed by atoms with Crippen LogP contribution in [0.25, 0.3) is 11.0 Å². The SMILES string of the molecule is CN1CCCC1CCNc1nc2c(F)c(F)cc(C(=Nc3ccc(F)c(Cl)c3)NO)c2[nH]1. The number of hydroxylamine groups is 1. The highest BCUT2D eigenvalue weighted by Gasteiger charge is 2.22. The first kappa shape index (κ1) is 22.4. The van der Waals surface area contributed by atoms with Crippen LogP contribution >= 0.6 is 11.6 Å². The van der Waals surface area contributed by atoms with Gasteiger partial charge in [0.25, 0.3) is 0 Å². The number of likely N-dealkylation sites (tertiary alicyclic amines) is 1. The number of H-pyrrole nitrogens is 1. The molecule has 0 aliphatic carbocycles. The second-order valence-electron chi connectivity index (χ2n) is 7.69. The highest BCUT2D eigenvalue weighted by molar-refractivity contribution is 6.31. The van der Waals surface area contributed by atoms with E-state index in [2.05, 4.69) is 32.2 Å². The first-order valence-corrected chi connectivity index (χ1v) is 10.5. The van der Waals surface area contributed by atoms with E-state index in [0.29, 0.717) is 12.6 Å². The second kappa shape index (κ2) is 9.35. The molecule has 0 amide bonds. The van der Waals surface area contributed by atoms with E-state index >= 15 is 0 Å². The molecule has 0 saturated carbocycles. The van der Waals surface area contributed by atoms with Gasteiger partial charge in [0.1, 0.15) is 11.3 Å². The maximum absolute atomic E-state index is 14.4. The molecule has 0 spiro atoms. The van der Waals surface area contributed by atoms with Crippen molar-refractivity contribution in [2.75, 3.05) is 25.5 Å². The first-order valence-electron chi connectivity index (χ1n) is 10.1. The van der Waals surface area contributed by atoms with Crippen LogP contribution in [0.5, 0.6) is 0 Å². The molecule has 0 bridgehead atoms. The van der Waals surface area contributed by atoms with E-state index in [1.54, 1.807) is 0 Å². The predicted octanol–water partition coefficient (Wildman–Crippen LogP) is 4.59. The van der Waals surface area contributed by atoms with Crippen molar-refractivity contribution in [3.05, 3.63) is 52.3 Å². The Kier molecular flexibility index (Phi) is 6.54. The zero-order valence-electron chi connectivity index (χ0n) is 17.2. The van der Waals surface area contributed by atoms with Crippen molar-refractivity contribution in [3.8, 4) is 0 Å². The molecule has 1 saturated heterocycles. The second-order valence-corrected chi connectivity index (χ2v) is 8.10. The molecule has 0 radical (unpaired) electrons. The smallest absolute Gasteiger partial charge is 0.201 e. The number of nitrogens with zero attached hydrogens (tertiary/aromatic N) is 3. The fourth-order valence-electron chi connectivity index (χ4n) is 3.90. The normalized spacial score (nSPS) is 17.3. The molecule has 3 aromatic rings. The van der Waals surface area contributed by atoms with Gasteiger partial charge in [-0.1, -0.05) is 11.6 Å². The number of anilines is 1. The molecule has 1 aliphatic heterocycles. The summed E-state index contributed by atoms with van der Waals surface area (Å²) in [6, 6.07) is 5.04. The Morgan fingerprint density at radius 2 is 2.12 bits per heavy atom. The molecule has 11 heteroatoms. The summed E-state index contributed by atoms with van der Waals surface area (Å²) in [6.45, 7) is 1.67. The number of fused-ring (bicyclic) bond motifs is 1. The monoisotopic (exact) mass is 466 g/mol. The zero-order chi connectivity index (χ0) is 22.8. The van der Waals surface area contributed by atoms with Gasteiger partial charge in [0.05, 0.1) is 16.2 Å². The van der Waals surface area contributed by atoms with Gasteiger partial charge >= 0.3 is 0 Å². The van der Waals surface area contributed by atoms with Gasteiger partial charge in [-0.3, -0.25) is 10.7 Å². The Morgan fingerprint density at radius 3 is 2.81 bits per heavy atom. The van der Waals surface area contributed by atoms with Crippen LogP contribution in [-0.2, 0) is 0 Å². The molecule has 2 heterocycles. The van der Waals surface area contributed by atoms with Crippen molar-refractivity contribution in [1.82, 2.24) is 20.3 Å². The summed E-state index contributed by atoms with van der Waals surface area (Å²) in [7, 11) is 2.08. The van der Waals surface area contributed by atoms with Crippen LogP contribution in [-0.4, -0.2) is 52.1 Å². The highest BCUT2D eigenvalue weighted by atomic mass is 35.5. The average molecular weight is 467 g/mol. The maximum Gasteiger partial charge on any atom is 0.201 e. The summed E-state index contributed by atoms with van der Waals surface area (Å²) in [4.78, 5) is 13.5. The molecule has 1 unspecified atom stereocenters. The Labute approximate surface area is 187 Å². The third-order valence-electron chi connectivity index (χ3n) is 5.61. The zero-order valence-corrected chi connectivity index (χ0v) is 18.0. The number of halogens is 4. The van der Waals surface area contributed by atoms with E-state index < -0.39 is 17.5 Å². The van der Waals surface area contributed by atoms with Gasteiger partial charge in [-0.2, -0.15) is 0 Å². The number of rotatable bonds is 6. The van der Waals surface area contributed by atoms with Gasteiger partial charge in [-0.05, 0) is 57.1 Å². The van der Waals surface area contributed by atoms with Gasteiger partial charge in [-0.25, -0.2) is 23.1 Å².